The Bertz CT molecular complexity index is 499. The van der Waals surface area contributed by atoms with E-state index in [4.69, 9.17) is 0 Å². The van der Waals surface area contributed by atoms with Crippen LogP contribution in [-0.4, -0.2) is 42.5 Å². The summed E-state index contributed by atoms with van der Waals surface area (Å²) in [6.45, 7) is 6.73. The van der Waals surface area contributed by atoms with E-state index in [0.717, 1.165) is 32.2 Å². The first-order chi connectivity index (χ1) is 9.90. The fraction of sp³-hybridized carbons (Fsp3) is 0.429. The number of nitrogens with zero attached hydrogens (tertiary/aromatic N) is 1. The van der Waals surface area contributed by atoms with E-state index < -0.39 is 6.36 Å². The second-order valence-electron chi connectivity index (χ2n) is 4.73. The van der Waals surface area contributed by atoms with Crippen molar-refractivity contribution in [1.82, 2.24) is 10.2 Å². The highest BCUT2D eigenvalue weighted by Gasteiger charge is 2.32. The molecule has 0 radical (unpaired) electrons. The molecule has 0 aliphatic carbocycles. The number of hydrogen-bond donors (Lipinski definition) is 2. The molecule has 0 amide bonds. The zero-order chi connectivity index (χ0) is 15.5. The Hall–Kier alpha value is -1.73. The quantitative estimate of drug-likeness (QED) is 0.839. The summed E-state index contributed by atoms with van der Waals surface area (Å²) < 4.78 is 40.8. The average molecular weight is 302 g/mol. The van der Waals surface area contributed by atoms with Crippen LogP contribution in [-0.2, 0) is 0 Å². The normalized spacial score (nSPS) is 18.2. The van der Waals surface area contributed by atoms with Gasteiger partial charge < -0.3 is 15.2 Å². The topological polar surface area (TPSA) is 44.7 Å². The molecule has 0 aromatic heterocycles. The van der Waals surface area contributed by atoms with E-state index in [1.54, 1.807) is 6.08 Å². The SMILES string of the molecule is C=C[C@H](c1cc(OC(F)(F)F)ccc1O)N1CCNCC1. The molecule has 4 nitrogen and oxygen atoms in total. The molecular formula is C14H17F3N2O2. The van der Waals surface area contributed by atoms with Crippen molar-refractivity contribution in [3.8, 4) is 11.5 Å². The van der Waals surface area contributed by atoms with Crippen LogP contribution in [0.2, 0.25) is 0 Å². The molecule has 1 saturated heterocycles. The Labute approximate surface area is 120 Å². The maximum atomic E-state index is 12.3. The van der Waals surface area contributed by atoms with Gasteiger partial charge in [0.2, 0.25) is 0 Å². The van der Waals surface area contributed by atoms with Crippen LogP contribution in [0.25, 0.3) is 0 Å². The van der Waals surface area contributed by atoms with Gasteiger partial charge in [0.25, 0.3) is 0 Å². The number of halogens is 3. The molecule has 2 rings (SSSR count). The molecule has 1 aromatic carbocycles. The van der Waals surface area contributed by atoms with Gasteiger partial charge in [-0.25, -0.2) is 0 Å². The van der Waals surface area contributed by atoms with Crippen molar-refractivity contribution in [1.29, 1.82) is 0 Å². The molecule has 1 aliphatic rings. The van der Waals surface area contributed by atoms with E-state index in [1.807, 2.05) is 4.90 Å². The molecule has 1 aromatic rings. The number of nitrogens with one attached hydrogen (secondary N) is 1. The van der Waals surface area contributed by atoms with Gasteiger partial charge in [0.1, 0.15) is 11.5 Å². The predicted octanol–water partition coefficient (Wildman–Crippen LogP) is 2.42. The summed E-state index contributed by atoms with van der Waals surface area (Å²) in [4.78, 5) is 2.04. The van der Waals surface area contributed by atoms with E-state index in [0.29, 0.717) is 5.56 Å². The minimum atomic E-state index is -4.76. The predicted molar refractivity (Wildman–Crippen MR) is 72.2 cm³/mol. The van der Waals surface area contributed by atoms with Crippen molar-refractivity contribution in [2.75, 3.05) is 26.2 Å². The van der Waals surface area contributed by atoms with Crippen molar-refractivity contribution in [2.45, 2.75) is 12.4 Å². The van der Waals surface area contributed by atoms with E-state index >= 15 is 0 Å². The molecule has 7 heteroatoms. The van der Waals surface area contributed by atoms with Gasteiger partial charge in [-0.15, -0.1) is 19.8 Å². The van der Waals surface area contributed by atoms with Crippen LogP contribution in [0, 0.1) is 0 Å². The van der Waals surface area contributed by atoms with Crippen LogP contribution < -0.4 is 10.1 Å². The lowest BCUT2D eigenvalue weighted by molar-refractivity contribution is -0.274. The fourth-order valence-corrected chi connectivity index (χ4v) is 2.40. The summed E-state index contributed by atoms with van der Waals surface area (Å²) in [7, 11) is 0. The van der Waals surface area contributed by atoms with Crippen molar-refractivity contribution >= 4 is 0 Å². The van der Waals surface area contributed by atoms with Crippen LogP contribution in [0.1, 0.15) is 11.6 Å². The highest BCUT2D eigenvalue weighted by atomic mass is 19.4. The molecule has 116 valence electrons. The van der Waals surface area contributed by atoms with Crippen molar-refractivity contribution in [2.24, 2.45) is 0 Å². The van der Waals surface area contributed by atoms with Gasteiger partial charge >= 0.3 is 6.36 Å². The maximum Gasteiger partial charge on any atom is 0.573 e. The number of ether oxygens (including phenoxy) is 1. The van der Waals surface area contributed by atoms with Crippen LogP contribution >= 0.6 is 0 Å². The number of aromatic hydroxyl groups is 1. The summed E-state index contributed by atoms with van der Waals surface area (Å²) in [5, 5.41) is 13.1. The highest BCUT2D eigenvalue weighted by Crippen LogP contribution is 2.34. The molecule has 0 unspecified atom stereocenters. The van der Waals surface area contributed by atoms with Gasteiger partial charge in [-0.3, -0.25) is 4.90 Å². The summed E-state index contributed by atoms with van der Waals surface area (Å²) in [6.07, 6.45) is -3.15. The summed E-state index contributed by atoms with van der Waals surface area (Å²) in [5.74, 6) is -0.426. The Morgan fingerprint density at radius 1 is 1.33 bits per heavy atom. The monoisotopic (exact) mass is 302 g/mol. The molecular weight excluding hydrogens is 285 g/mol. The van der Waals surface area contributed by atoms with Crippen LogP contribution in [0.15, 0.2) is 30.9 Å². The van der Waals surface area contributed by atoms with Gasteiger partial charge in [-0.2, -0.15) is 0 Å². The van der Waals surface area contributed by atoms with E-state index in [-0.39, 0.29) is 17.5 Å². The second kappa shape index (κ2) is 6.36. The zero-order valence-electron chi connectivity index (χ0n) is 11.4. The van der Waals surface area contributed by atoms with E-state index in [2.05, 4.69) is 16.6 Å². The lowest BCUT2D eigenvalue weighted by Crippen LogP contribution is -2.44. The molecule has 1 fully saturated rings. The fourth-order valence-electron chi connectivity index (χ4n) is 2.40. The number of rotatable bonds is 4. The molecule has 0 spiro atoms. The highest BCUT2D eigenvalue weighted by molar-refractivity contribution is 5.43. The molecule has 1 atom stereocenters. The lowest BCUT2D eigenvalue weighted by Gasteiger charge is -2.33. The van der Waals surface area contributed by atoms with Gasteiger partial charge in [0.05, 0.1) is 6.04 Å². The zero-order valence-corrected chi connectivity index (χ0v) is 11.4. The Morgan fingerprint density at radius 3 is 2.57 bits per heavy atom. The third kappa shape index (κ3) is 4.12. The summed E-state index contributed by atoms with van der Waals surface area (Å²) >= 11 is 0. The first-order valence-corrected chi connectivity index (χ1v) is 6.56. The third-order valence-electron chi connectivity index (χ3n) is 3.32. The largest absolute Gasteiger partial charge is 0.573 e. The van der Waals surface area contributed by atoms with Gasteiger partial charge in [0.15, 0.2) is 0 Å². The average Bonchev–Trinajstić information content (AvgIpc) is 2.43. The van der Waals surface area contributed by atoms with Crippen LogP contribution in [0.5, 0.6) is 11.5 Å². The summed E-state index contributed by atoms with van der Waals surface area (Å²) in [6, 6.07) is 3.14. The van der Waals surface area contributed by atoms with Crippen LogP contribution in [0.4, 0.5) is 13.2 Å². The molecule has 21 heavy (non-hydrogen) atoms. The second-order valence-corrected chi connectivity index (χ2v) is 4.73. The standard InChI is InChI=1S/C14H17F3N2O2/c1-2-12(19-7-5-18-6-8-19)11-9-10(3-4-13(11)20)21-14(15,16)17/h2-4,9,12,18,20H,1,5-8H2/t12-/m1/s1. The van der Waals surface area contributed by atoms with Crippen molar-refractivity contribution < 1.29 is 23.0 Å². The summed E-state index contributed by atoms with van der Waals surface area (Å²) in [5.41, 5.74) is 0.355. The minimum Gasteiger partial charge on any atom is -0.508 e. The number of phenolic OH excluding ortho intramolecular Hbond substituents is 1. The minimum absolute atomic E-state index is 0.0760. The number of hydrogen-bond acceptors (Lipinski definition) is 4. The Morgan fingerprint density at radius 2 is 2.00 bits per heavy atom. The van der Waals surface area contributed by atoms with Gasteiger partial charge in [0, 0.05) is 31.7 Å². The van der Waals surface area contributed by atoms with Crippen molar-refractivity contribution in [3.63, 3.8) is 0 Å². The lowest BCUT2D eigenvalue weighted by atomic mass is 10.0. The van der Waals surface area contributed by atoms with Crippen LogP contribution in [0.3, 0.4) is 0 Å². The number of piperazine rings is 1. The molecule has 2 N–H and O–H groups in total. The van der Waals surface area contributed by atoms with Gasteiger partial charge in [-0.1, -0.05) is 6.08 Å². The van der Waals surface area contributed by atoms with Crippen molar-refractivity contribution in [3.05, 3.63) is 36.4 Å². The number of benzene rings is 1. The Kier molecular flexibility index (Phi) is 4.74. The molecule has 0 saturated carbocycles. The molecule has 1 heterocycles. The number of alkyl halides is 3. The first kappa shape index (κ1) is 15.7. The van der Waals surface area contributed by atoms with E-state index in [1.165, 1.54) is 12.1 Å². The Balaban J connectivity index is 2.27. The maximum absolute atomic E-state index is 12.3. The van der Waals surface area contributed by atoms with Gasteiger partial charge in [-0.05, 0) is 18.2 Å². The first-order valence-electron chi connectivity index (χ1n) is 6.56. The van der Waals surface area contributed by atoms with E-state index in [9.17, 15) is 18.3 Å². The third-order valence-corrected chi connectivity index (χ3v) is 3.32. The number of phenols is 1. The molecule has 0 bridgehead atoms. The smallest absolute Gasteiger partial charge is 0.508 e. The molecule has 1 aliphatic heterocycles.